The van der Waals surface area contributed by atoms with Crippen molar-refractivity contribution in [2.45, 2.75) is 174 Å². The summed E-state index contributed by atoms with van der Waals surface area (Å²) in [4.78, 5) is 23.0. The van der Waals surface area contributed by atoms with Crippen molar-refractivity contribution in [2.75, 3.05) is 6.61 Å². The lowest BCUT2D eigenvalue weighted by molar-refractivity contribution is -0.152. The quantitative estimate of drug-likeness (QED) is 0.0531. The molecule has 0 aliphatic heterocycles. The first-order chi connectivity index (χ1) is 19.1. The lowest BCUT2D eigenvalue weighted by Crippen LogP contribution is -2.21. The standard InChI is InChI=1S/C35H64O4/c1-3-5-6-7-8-9-10-11-12-13-14-15-16-17-18-19-20-21-22-23-24-25-26-27-28-29-30-33(32-34(36)37)35(38)39-31-4-2/h4,9-10,33H,2-3,5-8,11-32H2,1H3,(H,36,37)/b10-9+. The predicted octanol–water partition coefficient (Wildman–Crippen LogP) is 11.1. The summed E-state index contributed by atoms with van der Waals surface area (Å²) in [5, 5.41) is 9.03. The molecule has 0 amide bonds. The molecule has 0 spiro atoms. The lowest BCUT2D eigenvalue weighted by Gasteiger charge is -2.13. The summed E-state index contributed by atoms with van der Waals surface area (Å²) in [6, 6.07) is 0. The molecule has 1 atom stereocenters. The van der Waals surface area contributed by atoms with Gasteiger partial charge in [0.05, 0.1) is 12.3 Å². The van der Waals surface area contributed by atoms with Crippen molar-refractivity contribution >= 4 is 11.9 Å². The first-order valence-corrected chi connectivity index (χ1v) is 16.8. The highest BCUT2D eigenvalue weighted by molar-refractivity contribution is 5.79. The summed E-state index contributed by atoms with van der Waals surface area (Å²) in [5.41, 5.74) is 0. The zero-order valence-corrected chi connectivity index (χ0v) is 25.8. The Balaban J connectivity index is 3.34. The molecule has 0 aliphatic rings. The Morgan fingerprint density at radius 1 is 0.641 bits per heavy atom. The first-order valence-electron chi connectivity index (χ1n) is 16.8. The van der Waals surface area contributed by atoms with E-state index >= 15 is 0 Å². The van der Waals surface area contributed by atoms with E-state index in [9.17, 15) is 9.59 Å². The minimum Gasteiger partial charge on any atom is -0.481 e. The zero-order chi connectivity index (χ0) is 28.7. The molecule has 0 aromatic carbocycles. The van der Waals surface area contributed by atoms with Crippen molar-refractivity contribution in [1.82, 2.24) is 0 Å². The van der Waals surface area contributed by atoms with Crippen LogP contribution in [-0.4, -0.2) is 23.7 Å². The average molecular weight is 549 g/mol. The average Bonchev–Trinajstić information content (AvgIpc) is 2.92. The second kappa shape index (κ2) is 31.0. The number of ether oxygens (including phenoxy) is 1. The highest BCUT2D eigenvalue weighted by Gasteiger charge is 2.22. The molecule has 0 aromatic rings. The molecular formula is C35H64O4. The van der Waals surface area contributed by atoms with Crippen molar-refractivity contribution in [3.63, 3.8) is 0 Å². The number of hydrogen-bond donors (Lipinski definition) is 1. The van der Waals surface area contributed by atoms with Gasteiger partial charge >= 0.3 is 11.9 Å². The maximum atomic E-state index is 12.0. The Morgan fingerprint density at radius 2 is 1.03 bits per heavy atom. The van der Waals surface area contributed by atoms with Gasteiger partial charge in [0.1, 0.15) is 6.61 Å². The van der Waals surface area contributed by atoms with E-state index < -0.39 is 17.9 Å². The molecule has 39 heavy (non-hydrogen) atoms. The van der Waals surface area contributed by atoms with E-state index in [0.29, 0.717) is 6.42 Å². The smallest absolute Gasteiger partial charge is 0.309 e. The fourth-order valence-electron chi connectivity index (χ4n) is 5.18. The van der Waals surface area contributed by atoms with E-state index in [1.165, 1.54) is 141 Å². The SMILES string of the molecule is C=CCOC(=O)C(CCCCCCCCCCCCCCCCCCCC/C=C/CCCCCC)CC(=O)O. The van der Waals surface area contributed by atoms with Crippen LogP contribution in [0.3, 0.4) is 0 Å². The van der Waals surface area contributed by atoms with Gasteiger partial charge in [-0.2, -0.15) is 0 Å². The van der Waals surface area contributed by atoms with Crippen molar-refractivity contribution in [2.24, 2.45) is 5.92 Å². The third-order valence-electron chi connectivity index (χ3n) is 7.66. The molecule has 0 aromatic heterocycles. The number of carbonyl (C=O) groups is 2. The largest absolute Gasteiger partial charge is 0.481 e. The zero-order valence-electron chi connectivity index (χ0n) is 25.8. The third kappa shape index (κ3) is 29.2. The van der Waals surface area contributed by atoms with Crippen LogP contribution in [0.15, 0.2) is 24.8 Å². The van der Waals surface area contributed by atoms with Crippen LogP contribution < -0.4 is 0 Å². The van der Waals surface area contributed by atoms with Gasteiger partial charge < -0.3 is 9.84 Å². The van der Waals surface area contributed by atoms with Gasteiger partial charge in [0.25, 0.3) is 0 Å². The van der Waals surface area contributed by atoms with Gasteiger partial charge in [0.15, 0.2) is 0 Å². The van der Waals surface area contributed by atoms with Gasteiger partial charge in [0, 0.05) is 0 Å². The van der Waals surface area contributed by atoms with Gasteiger partial charge in [-0.25, -0.2) is 0 Å². The second-order valence-electron chi connectivity index (χ2n) is 11.5. The van der Waals surface area contributed by atoms with Crippen molar-refractivity contribution in [1.29, 1.82) is 0 Å². The van der Waals surface area contributed by atoms with Crippen molar-refractivity contribution in [3.8, 4) is 0 Å². The summed E-state index contributed by atoms with van der Waals surface area (Å²) < 4.78 is 5.04. The van der Waals surface area contributed by atoms with Gasteiger partial charge in [-0.3, -0.25) is 9.59 Å². The van der Waals surface area contributed by atoms with Gasteiger partial charge in [0.2, 0.25) is 0 Å². The molecule has 4 heteroatoms. The second-order valence-corrected chi connectivity index (χ2v) is 11.5. The van der Waals surface area contributed by atoms with E-state index in [1.54, 1.807) is 0 Å². The normalized spacial score (nSPS) is 12.1. The van der Waals surface area contributed by atoms with E-state index in [4.69, 9.17) is 9.84 Å². The Bertz CT molecular complexity index is 583. The van der Waals surface area contributed by atoms with Crippen LogP contribution in [0.25, 0.3) is 0 Å². The van der Waals surface area contributed by atoms with Crippen molar-refractivity contribution in [3.05, 3.63) is 24.8 Å². The van der Waals surface area contributed by atoms with Crippen LogP contribution in [0.4, 0.5) is 0 Å². The maximum Gasteiger partial charge on any atom is 0.309 e. The molecule has 0 saturated heterocycles. The molecule has 1 unspecified atom stereocenters. The summed E-state index contributed by atoms with van der Waals surface area (Å²) in [6.45, 7) is 5.94. The van der Waals surface area contributed by atoms with E-state index in [1.807, 2.05) is 0 Å². The van der Waals surface area contributed by atoms with Crippen LogP contribution in [-0.2, 0) is 14.3 Å². The van der Waals surface area contributed by atoms with E-state index in [-0.39, 0.29) is 13.0 Å². The molecule has 228 valence electrons. The molecule has 0 heterocycles. The van der Waals surface area contributed by atoms with Crippen LogP contribution in [0.2, 0.25) is 0 Å². The maximum absolute atomic E-state index is 12.0. The van der Waals surface area contributed by atoms with Crippen LogP contribution in [0.5, 0.6) is 0 Å². The van der Waals surface area contributed by atoms with Crippen LogP contribution >= 0.6 is 0 Å². The lowest BCUT2D eigenvalue weighted by atomic mass is 9.97. The molecule has 0 rings (SSSR count). The number of allylic oxidation sites excluding steroid dienone is 2. The summed E-state index contributed by atoms with van der Waals surface area (Å²) in [7, 11) is 0. The topological polar surface area (TPSA) is 63.6 Å². The van der Waals surface area contributed by atoms with Crippen LogP contribution in [0.1, 0.15) is 174 Å². The highest BCUT2D eigenvalue weighted by Crippen LogP contribution is 2.18. The number of carbonyl (C=O) groups excluding carboxylic acids is 1. The van der Waals surface area contributed by atoms with Gasteiger partial charge in [-0.15, -0.1) is 0 Å². The Morgan fingerprint density at radius 3 is 1.41 bits per heavy atom. The monoisotopic (exact) mass is 548 g/mol. The number of unbranched alkanes of at least 4 members (excludes halogenated alkanes) is 22. The van der Waals surface area contributed by atoms with Crippen molar-refractivity contribution < 1.29 is 19.4 Å². The minimum absolute atomic E-state index is 0.145. The fourth-order valence-corrected chi connectivity index (χ4v) is 5.18. The molecule has 0 fully saturated rings. The highest BCUT2D eigenvalue weighted by atomic mass is 16.5. The number of rotatable bonds is 31. The molecule has 0 bridgehead atoms. The number of hydrogen-bond acceptors (Lipinski definition) is 3. The summed E-state index contributed by atoms with van der Waals surface area (Å²) >= 11 is 0. The molecule has 1 N–H and O–H groups in total. The van der Waals surface area contributed by atoms with Crippen LogP contribution in [0, 0.1) is 5.92 Å². The molecule has 0 saturated carbocycles. The van der Waals surface area contributed by atoms with Gasteiger partial charge in [-0.1, -0.05) is 160 Å². The Hall–Kier alpha value is -1.58. The number of aliphatic carboxylic acids is 1. The third-order valence-corrected chi connectivity index (χ3v) is 7.66. The Labute approximate surface area is 242 Å². The molecule has 0 aliphatic carbocycles. The van der Waals surface area contributed by atoms with E-state index in [0.717, 1.165) is 19.3 Å². The predicted molar refractivity (Wildman–Crippen MR) is 167 cm³/mol. The Kier molecular flexibility index (Phi) is 29.7. The van der Waals surface area contributed by atoms with E-state index in [2.05, 4.69) is 25.7 Å². The molecular weight excluding hydrogens is 484 g/mol. The summed E-state index contributed by atoms with van der Waals surface area (Å²) in [6.07, 6.45) is 38.6. The molecule has 4 nitrogen and oxygen atoms in total. The summed E-state index contributed by atoms with van der Waals surface area (Å²) in [5.74, 6) is -1.88. The van der Waals surface area contributed by atoms with Gasteiger partial charge in [-0.05, 0) is 32.1 Å². The number of carboxylic acid groups (broad SMARTS) is 1. The molecule has 0 radical (unpaired) electrons. The number of carboxylic acids is 1. The first kappa shape index (κ1) is 37.4. The minimum atomic E-state index is -0.941. The number of esters is 1. The fraction of sp³-hybridized carbons (Fsp3) is 0.829.